The summed E-state index contributed by atoms with van der Waals surface area (Å²) in [6.45, 7) is 3.49. The van der Waals surface area contributed by atoms with Crippen molar-refractivity contribution >= 4 is 39.1 Å². The van der Waals surface area contributed by atoms with Gasteiger partial charge in [0, 0.05) is 10.2 Å². The van der Waals surface area contributed by atoms with Crippen LogP contribution in [0.15, 0.2) is 70.5 Å². The molecule has 0 aliphatic carbocycles. The van der Waals surface area contributed by atoms with Crippen LogP contribution >= 0.6 is 28.1 Å². The summed E-state index contributed by atoms with van der Waals surface area (Å²) in [6, 6.07) is 17.0. The number of halogens is 1. The van der Waals surface area contributed by atoms with Crippen LogP contribution in [0.2, 0.25) is 0 Å². The molecule has 0 fully saturated rings. The molecule has 2 rings (SSSR count). The summed E-state index contributed by atoms with van der Waals surface area (Å²) >= 11 is 8.84. The first-order valence-electron chi connectivity index (χ1n) is 7.67. The molecule has 0 unspecified atom stereocenters. The van der Waals surface area contributed by atoms with E-state index in [-0.39, 0.29) is 6.10 Å². The summed E-state index contributed by atoms with van der Waals surface area (Å²) in [5, 5.41) is 2.67. The lowest BCUT2D eigenvalue weighted by Gasteiger charge is -2.17. The average molecular weight is 419 g/mol. The van der Waals surface area contributed by atoms with E-state index in [1.807, 2.05) is 54.6 Å². The minimum absolute atomic E-state index is 0.377. The molecular formula is C19H19BrN2O2S. The lowest BCUT2D eigenvalue weighted by Crippen LogP contribution is -2.30. The zero-order valence-electron chi connectivity index (χ0n) is 14.0. The number of carbonyl (C=O) groups is 1. The topological polar surface area (TPSA) is 64.3 Å². The van der Waals surface area contributed by atoms with E-state index in [1.165, 1.54) is 0 Å². The zero-order chi connectivity index (χ0) is 18.4. The molecule has 0 radical (unpaired) electrons. The van der Waals surface area contributed by atoms with Gasteiger partial charge in [-0.05, 0) is 37.1 Å². The highest BCUT2D eigenvalue weighted by molar-refractivity contribution is 9.10. The predicted molar refractivity (Wildman–Crippen MR) is 107 cm³/mol. The Hall–Kier alpha value is -2.18. The Morgan fingerprint density at radius 1 is 1.16 bits per heavy atom. The van der Waals surface area contributed by atoms with Crippen molar-refractivity contribution in [2.75, 3.05) is 0 Å². The second kappa shape index (κ2) is 8.78. The zero-order valence-corrected chi connectivity index (χ0v) is 16.4. The van der Waals surface area contributed by atoms with Gasteiger partial charge in [-0.3, -0.25) is 5.32 Å². The number of rotatable bonds is 5. The number of carbonyl (C=O) groups excluding carboxylic acids is 1. The van der Waals surface area contributed by atoms with E-state index in [4.69, 9.17) is 22.7 Å². The quantitative estimate of drug-likeness (QED) is 0.413. The number of alkyl carbamates (subject to hydrolysis) is 1. The molecule has 1 atom stereocenters. The molecule has 130 valence electrons. The fraction of sp³-hybridized carbons (Fsp3) is 0.158. The van der Waals surface area contributed by atoms with E-state index >= 15 is 0 Å². The molecule has 0 aromatic heterocycles. The van der Waals surface area contributed by atoms with Crippen molar-refractivity contribution < 1.29 is 9.53 Å². The molecule has 0 heterocycles. The Balaban J connectivity index is 2.09. The number of nitrogens with one attached hydrogen (secondary N) is 1. The first-order chi connectivity index (χ1) is 11.9. The third-order valence-electron chi connectivity index (χ3n) is 3.51. The van der Waals surface area contributed by atoms with Crippen molar-refractivity contribution in [3.05, 3.63) is 81.6 Å². The van der Waals surface area contributed by atoms with Gasteiger partial charge in [0.15, 0.2) is 0 Å². The van der Waals surface area contributed by atoms with Gasteiger partial charge < -0.3 is 10.5 Å². The van der Waals surface area contributed by atoms with Crippen LogP contribution in [0.5, 0.6) is 0 Å². The summed E-state index contributed by atoms with van der Waals surface area (Å²) in [5.74, 6) is 0. The number of allylic oxidation sites excluding steroid dienone is 2. The number of hydrogen-bond donors (Lipinski definition) is 2. The Morgan fingerprint density at radius 3 is 2.32 bits per heavy atom. The normalized spacial score (nSPS) is 12.8. The Morgan fingerprint density at radius 2 is 1.76 bits per heavy atom. The van der Waals surface area contributed by atoms with Gasteiger partial charge in [-0.2, -0.15) is 0 Å². The first kappa shape index (κ1) is 19.1. The second-order valence-corrected chi connectivity index (χ2v) is 6.80. The predicted octanol–water partition coefficient (Wildman–Crippen LogP) is 4.84. The number of benzene rings is 2. The Bertz CT molecular complexity index is 785. The molecule has 4 nitrogen and oxygen atoms in total. The molecule has 0 bridgehead atoms. The fourth-order valence-corrected chi connectivity index (χ4v) is 2.78. The number of amides is 1. The highest BCUT2D eigenvalue weighted by atomic mass is 79.9. The van der Waals surface area contributed by atoms with Gasteiger partial charge in [0.2, 0.25) is 0 Å². The van der Waals surface area contributed by atoms with Crippen molar-refractivity contribution in [1.82, 2.24) is 5.32 Å². The van der Waals surface area contributed by atoms with E-state index < -0.39 is 6.09 Å². The minimum Gasteiger partial charge on any atom is -0.441 e. The molecule has 0 spiro atoms. The van der Waals surface area contributed by atoms with E-state index in [1.54, 1.807) is 13.8 Å². The smallest absolute Gasteiger partial charge is 0.412 e. The van der Waals surface area contributed by atoms with Crippen LogP contribution in [-0.4, -0.2) is 11.0 Å². The van der Waals surface area contributed by atoms with Gasteiger partial charge in [-0.1, -0.05) is 70.6 Å². The summed E-state index contributed by atoms with van der Waals surface area (Å²) in [6.07, 6.45) is -0.989. The van der Waals surface area contributed by atoms with Gasteiger partial charge in [0.05, 0.1) is 10.6 Å². The second-order valence-electron chi connectivity index (χ2n) is 5.48. The molecule has 6 heteroatoms. The molecule has 2 aromatic carbocycles. The molecule has 25 heavy (non-hydrogen) atoms. The van der Waals surface area contributed by atoms with Crippen molar-refractivity contribution in [3.63, 3.8) is 0 Å². The molecule has 0 saturated heterocycles. The van der Waals surface area contributed by atoms with E-state index in [0.717, 1.165) is 15.6 Å². The number of ether oxygens (including phenoxy) is 1. The molecule has 1 amide bonds. The fourth-order valence-electron chi connectivity index (χ4n) is 2.16. The first-order valence-corrected chi connectivity index (χ1v) is 8.88. The van der Waals surface area contributed by atoms with E-state index in [0.29, 0.717) is 16.3 Å². The summed E-state index contributed by atoms with van der Waals surface area (Å²) < 4.78 is 6.36. The van der Waals surface area contributed by atoms with E-state index in [9.17, 15) is 4.79 Å². The summed E-state index contributed by atoms with van der Waals surface area (Å²) in [7, 11) is 0. The highest BCUT2D eigenvalue weighted by Gasteiger charge is 2.17. The molecule has 0 saturated carbocycles. The van der Waals surface area contributed by atoms with Crippen LogP contribution in [-0.2, 0) is 4.74 Å². The van der Waals surface area contributed by atoms with Crippen LogP contribution in [0.4, 0.5) is 4.79 Å². The van der Waals surface area contributed by atoms with Gasteiger partial charge in [-0.15, -0.1) is 0 Å². The maximum atomic E-state index is 12.2. The van der Waals surface area contributed by atoms with Crippen LogP contribution in [0, 0.1) is 0 Å². The van der Waals surface area contributed by atoms with Gasteiger partial charge in [0.25, 0.3) is 0 Å². The van der Waals surface area contributed by atoms with Gasteiger partial charge >= 0.3 is 6.09 Å². The van der Waals surface area contributed by atoms with Crippen molar-refractivity contribution in [2.24, 2.45) is 5.73 Å². The van der Waals surface area contributed by atoms with Crippen LogP contribution in [0.1, 0.15) is 31.1 Å². The summed E-state index contributed by atoms with van der Waals surface area (Å²) in [4.78, 5) is 12.7. The lowest BCUT2D eigenvalue weighted by atomic mass is 10.1. The largest absolute Gasteiger partial charge is 0.441 e. The van der Waals surface area contributed by atoms with Crippen LogP contribution in [0.25, 0.3) is 0 Å². The number of nitrogens with two attached hydrogens (primary N) is 1. The van der Waals surface area contributed by atoms with Crippen molar-refractivity contribution in [2.45, 2.75) is 20.0 Å². The molecule has 0 aliphatic rings. The molecule has 2 aromatic rings. The average Bonchev–Trinajstić information content (AvgIpc) is 2.60. The van der Waals surface area contributed by atoms with Crippen molar-refractivity contribution in [3.8, 4) is 0 Å². The Kier molecular flexibility index (Phi) is 6.73. The minimum atomic E-state index is -0.601. The maximum Gasteiger partial charge on any atom is 0.412 e. The van der Waals surface area contributed by atoms with Crippen molar-refractivity contribution in [1.29, 1.82) is 0 Å². The lowest BCUT2D eigenvalue weighted by molar-refractivity contribution is 0.110. The van der Waals surface area contributed by atoms with Gasteiger partial charge in [0.1, 0.15) is 6.10 Å². The molecule has 0 aliphatic heterocycles. The number of thiocarbonyl (C=S) groups is 1. The van der Waals surface area contributed by atoms with Gasteiger partial charge in [-0.25, -0.2) is 4.79 Å². The van der Waals surface area contributed by atoms with E-state index in [2.05, 4.69) is 21.2 Å². The standard InChI is InChI=1S/C19H19BrN2O2S/c1-12(21)17(18(25)15-8-10-16(20)11-9-15)22-19(23)24-13(2)14-6-4-3-5-7-14/h3-11,13H,21H2,1-2H3,(H,22,23)/t13-/m1/s1. The van der Waals surface area contributed by atoms with Crippen LogP contribution < -0.4 is 11.1 Å². The summed E-state index contributed by atoms with van der Waals surface area (Å²) in [5.41, 5.74) is 8.39. The van der Waals surface area contributed by atoms with Crippen LogP contribution in [0.3, 0.4) is 0 Å². The number of hydrogen-bond acceptors (Lipinski definition) is 4. The SMILES string of the molecule is CC(N)=C(NC(=O)O[C@H](C)c1ccccc1)C(=S)c1ccc(Br)cc1. The third-order valence-corrected chi connectivity index (χ3v) is 4.48. The third kappa shape index (κ3) is 5.41. The molecule has 3 N–H and O–H groups in total. The molecular weight excluding hydrogens is 400 g/mol. The monoisotopic (exact) mass is 418 g/mol. The highest BCUT2D eigenvalue weighted by Crippen LogP contribution is 2.18. The Labute approximate surface area is 161 Å². The maximum absolute atomic E-state index is 12.2.